The largest absolute Gasteiger partial charge is 0.469 e. The SMILES string of the molecule is COC(=O)CC(I)(Cc1ccccc1)C(=O)OC. The van der Waals surface area contributed by atoms with Crippen LogP contribution >= 0.6 is 22.6 Å². The zero-order chi connectivity index (χ0) is 13.6. The predicted octanol–water partition coefficient (Wildman–Crippen LogP) is 2.14. The van der Waals surface area contributed by atoms with Crippen LogP contribution in [0.2, 0.25) is 0 Å². The third kappa shape index (κ3) is 3.97. The van der Waals surface area contributed by atoms with Crippen molar-refractivity contribution in [1.29, 1.82) is 0 Å². The molecule has 0 bridgehead atoms. The van der Waals surface area contributed by atoms with Crippen molar-refractivity contribution >= 4 is 34.5 Å². The summed E-state index contributed by atoms with van der Waals surface area (Å²) >= 11 is 1.97. The van der Waals surface area contributed by atoms with Gasteiger partial charge in [0.15, 0.2) is 0 Å². The van der Waals surface area contributed by atoms with Crippen LogP contribution in [-0.2, 0) is 25.5 Å². The zero-order valence-electron chi connectivity index (χ0n) is 10.3. The van der Waals surface area contributed by atoms with Crippen LogP contribution in [0.4, 0.5) is 0 Å². The quantitative estimate of drug-likeness (QED) is 0.458. The Morgan fingerprint density at radius 2 is 1.78 bits per heavy atom. The first-order valence-electron chi connectivity index (χ1n) is 5.40. The van der Waals surface area contributed by atoms with Gasteiger partial charge in [-0.1, -0.05) is 52.9 Å². The van der Waals surface area contributed by atoms with Gasteiger partial charge in [-0.15, -0.1) is 0 Å². The van der Waals surface area contributed by atoms with Gasteiger partial charge in [0.1, 0.15) is 3.42 Å². The topological polar surface area (TPSA) is 52.6 Å². The molecule has 1 rings (SSSR count). The number of halogens is 1. The molecule has 0 aromatic heterocycles. The molecule has 0 saturated carbocycles. The maximum Gasteiger partial charge on any atom is 0.322 e. The fourth-order valence-electron chi connectivity index (χ4n) is 1.61. The molecule has 5 heteroatoms. The van der Waals surface area contributed by atoms with E-state index in [-0.39, 0.29) is 6.42 Å². The zero-order valence-corrected chi connectivity index (χ0v) is 12.5. The van der Waals surface area contributed by atoms with E-state index in [1.165, 1.54) is 14.2 Å². The first-order valence-corrected chi connectivity index (χ1v) is 6.48. The summed E-state index contributed by atoms with van der Waals surface area (Å²) in [5.74, 6) is -0.844. The number of hydrogen-bond donors (Lipinski definition) is 0. The molecular weight excluding hydrogens is 347 g/mol. The number of methoxy groups -OCH3 is 2. The van der Waals surface area contributed by atoms with Crippen LogP contribution in [0.25, 0.3) is 0 Å². The highest BCUT2D eigenvalue weighted by Gasteiger charge is 2.39. The van der Waals surface area contributed by atoms with Gasteiger partial charge in [-0.2, -0.15) is 0 Å². The molecule has 0 aliphatic rings. The Labute approximate surface area is 120 Å². The molecule has 0 heterocycles. The Morgan fingerprint density at radius 3 is 2.28 bits per heavy atom. The monoisotopic (exact) mass is 362 g/mol. The number of carbonyl (C=O) groups is 2. The molecule has 0 N–H and O–H groups in total. The number of ether oxygens (including phenoxy) is 2. The number of benzene rings is 1. The van der Waals surface area contributed by atoms with Crippen LogP contribution in [0.5, 0.6) is 0 Å². The van der Waals surface area contributed by atoms with Gasteiger partial charge < -0.3 is 9.47 Å². The molecule has 1 aromatic carbocycles. The second-order valence-electron chi connectivity index (χ2n) is 3.87. The minimum absolute atomic E-state index is 0.00831. The van der Waals surface area contributed by atoms with Gasteiger partial charge >= 0.3 is 11.9 Å². The molecular formula is C13H15IO4. The van der Waals surface area contributed by atoms with Gasteiger partial charge in [-0.05, 0) is 12.0 Å². The Kier molecular flexibility index (Phi) is 5.58. The molecule has 18 heavy (non-hydrogen) atoms. The van der Waals surface area contributed by atoms with Gasteiger partial charge in [-0.25, -0.2) is 0 Å². The van der Waals surface area contributed by atoms with Crippen molar-refractivity contribution in [2.75, 3.05) is 14.2 Å². The average molecular weight is 362 g/mol. The number of esters is 2. The van der Waals surface area contributed by atoms with Gasteiger partial charge in [0.05, 0.1) is 20.6 Å². The summed E-state index contributed by atoms with van der Waals surface area (Å²) in [6.07, 6.45) is 0.418. The second kappa shape index (κ2) is 6.72. The second-order valence-corrected chi connectivity index (χ2v) is 5.94. The highest BCUT2D eigenvalue weighted by Crippen LogP contribution is 2.30. The van der Waals surface area contributed by atoms with Crippen LogP contribution in [0.1, 0.15) is 12.0 Å². The molecule has 98 valence electrons. The molecule has 0 amide bonds. The lowest BCUT2D eigenvalue weighted by molar-refractivity contribution is -0.149. The molecule has 0 fully saturated rings. The molecule has 0 aliphatic heterocycles. The molecule has 0 spiro atoms. The van der Waals surface area contributed by atoms with Crippen LogP contribution < -0.4 is 0 Å². The van der Waals surface area contributed by atoms with Gasteiger partial charge in [0.2, 0.25) is 0 Å². The van der Waals surface area contributed by atoms with E-state index in [9.17, 15) is 9.59 Å². The van der Waals surface area contributed by atoms with E-state index in [1.807, 2.05) is 52.9 Å². The minimum atomic E-state index is -0.930. The maximum absolute atomic E-state index is 11.9. The van der Waals surface area contributed by atoms with Crippen LogP contribution in [0.15, 0.2) is 30.3 Å². The molecule has 1 unspecified atom stereocenters. The number of carbonyl (C=O) groups excluding carboxylic acids is 2. The van der Waals surface area contributed by atoms with Crippen molar-refractivity contribution in [3.63, 3.8) is 0 Å². The van der Waals surface area contributed by atoms with Crippen molar-refractivity contribution in [1.82, 2.24) is 0 Å². The fourth-order valence-corrected chi connectivity index (χ4v) is 2.58. The molecule has 0 saturated heterocycles. The van der Waals surface area contributed by atoms with E-state index >= 15 is 0 Å². The number of hydrogen-bond acceptors (Lipinski definition) is 4. The number of rotatable bonds is 5. The summed E-state index contributed by atoms with van der Waals surface area (Å²) in [6.45, 7) is 0. The lowest BCUT2D eigenvalue weighted by atomic mass is 9.96. The highest BCUT2D eigenvalue weighted by molar-refractivity contribution is 14.1. The molecule has 0 radical (unpaired) electrons. The van der Waals surface area contributed by atoms with Crippen molar-refractivity contribution < 1.29 is 19.1 Å². The van der Waals surface area contributed by atoms with E-state index in [2.05, 4.69) is 4.74 Å². The highest BCUT2D eigenvalue weighted by atomic mass is 127. The van der Waals surface area contributed by atoms with E-state index in [0.717, 1.165) is 5.56 Å². The smallest absolute Gasteiger partial charge is 0.322 e. The Morgan fingerprint density at radius 1 is 1.17 bits per heavy atom. The molecule has 4 nitrogen and oxygen atoms in total. The van der Waals surface area contributed by atoms with E-state index in [4.69, 9.17) is 4.74 Å². The van der Waals surface area contributed by atoms with E-state index < -0.39 is 15.4 Å². The van der Waals surface area contributed by atoms with Gasteiger partial charge in [-0.3, -0.25) is 9.59 Å². The van der Waals surface area contributed by atoms with Crippen molar-refractivity contribution in [3.8, 4) is 0 Å². The van der Waals surface area contributed by atoms with Gasteiger partial charge in [0, 0.05) is 0 Å². The van der Waals surface area contributed by atoms with Gasteiger partial charge in [0.25, 0.3) is 0 Å². The Balaban J connectivity index is 2.91. The Bertz CT molecular complexity index is 418. The van der Waals surface area contributed by atoms with Crippen molar-refractivity contribution in [2.45, 2.75) is 16.3 Å². The van der Waals surface area contributed by atoms with Crippen LogP contribution in [0, 0.1) is 0 Å². The standard InChI is InChI=1S/C13H15IO4/c1-17-11(15)9-13(14,12(16)18-2)8-10-6-4-3-5-7-10/h3-7H,8-9H2,1-2H3. The third-order valence-corrected chi connectivity index (χ3v) is 3.73. The van der Waals surface area contributed by atoms with Crippen molar-refractivity contribution in [2.24, 2.45) is 0 Å². The molecule has 1 atom stereocenters. The summed E-state index contributed by atoms with van der Waals surface area (Å²) in [5.41, 5.74) is 0.973. The predicted molar refractivity (Wildman–Crippen MR) is 75.5 cm³/mol. The summed E-state index contributed by atoms with van der Waals surface area (Å²) in [5, 5.41) is 0. The van der Waals surface area contributed by atoms with E-state index in [1.54, 1.807) is 0 Å². The summed E-state index contributed by atoms with van der Waals surface area (Å²) in [4.78, 5) is 23.3. The summed E-state index contributed by atoms with van der Waals surface area (Å²) in [7, 11) is 2.62. The maximum atomic E-state index is 11.9. The average Bonchev–Trinajstić information content (AvgIpc) is 2.38. The fraction of sp³-hybridized carbons (Fsp3) is 0.385. The van der Waals surface area contributed by atoms with E-state index in [0.29, 0.717) is 6.42 Å². The lowest BCUT2D eigenvalue weighted by Gasteiger charge is -2.23. The third-order valence-electron chi connectivity index (χ3n) is 2.53. The normalized spacial score (nSPS) is 13.5. The molecule has 1 aromatic rings. The van der Waals surface area contributed by atoms with Crippen LogP contribution in [0.3, 0.4) is 0 Å². The summed E-state index contributed by atoms with van der Waals surface area (Å²) in [6, 6.07) is 9.50. The first-order chi connectivity index (χ1) is 8.51. The van der Waals surface area contributed by atoms with Crippen molar-refractivity contribution in [3.05, 3.63) is 35.9 Å². The van der Waals surface area contributed by atoms with Crippen LogP contribution in [-0.4, -0.2) is 29.6 Å². The number of alkyl halides is 1. The Hall–Kier alpha value is -1.11. The molecule has 0 aliphatic carbocycles. The minimum Gasteiger partial charge on any atom is -0.469 e. The first kappa shape index (κ1) is 14.9. The summed E-state index contributed by atoms with van der Waals surface area (Å²) < 4.78 is 8.48. The lowest BCUT2D eigenvalue weighted by Crippen LogP contribution is -2.38.